The zero-order valence-corrected chi connectivity index (χ0v) is 9.33. The van der Waals surface area contributed by atoms with Crippen LogP contribution in [0.4, 0.5) is 0 Å². The van der Waals surface area contributed by atoms with E-state index < -0.39 is 0 Å². The molecule has 1 heterocycles. The van der Waals surface area contributed by atoms with E-state index in [9.17, 15) is 0 Å². The van der Waals surface area contributed by atoms with Crippen LogP contribution in [0.15, 0.2) is 4.52 Å². The second-order valence-electron chi connectivity index (χ2n) is 4.59. The average molecular weight is 209 g/mol. The summed E-state index contributed by atoms with van der Waals surface area (Å²) in [4.78, 5) is 4.38. The highest BCUT2D eigenvalue weighted by atomic mass is 16.5. The first-order valence-electron chi connectivity index (χ1n) is 5.79. The monoisotopic (exact) mass is 209 g/mol. The van der Waals surface area contributed by atoms with Crippen LogP contribution < -0.4 is 5.73 Å². The van der Waals surface area contributed by atoms with Crippen LogP contribution in [0.2, 0.25) is 0 Å². The van der Waals surface area contributed by atoms with Gasteiger partial charge in [-0.15, -0.1) is 0 Å². The lowest BCUT2D eigenvalue weighted by atomic mass is 9.67. The molecule has 84 valence electrons. The molecule has 0 atom stereocenters. The molecule has 0 unspecified atom stereocenters. The summed E-state index contributed by atoms with van der Waals surface area (Å²) in [6.45, 7) is 2.85. The van der Waals surface area contributed by atoms with Crippen molar-refractivity contribution in [2.24, 2.45) is 11.1 Å². The summed E-state index contributed by atoms with van der Waals surface area (Å²) in [6, 6.07) is 0. The van der Waals surface area contributed by atoms with Crippen molar-refractivity contribution in [3.8, 4) is 0 Å². The topological polar surface area (TPSA) is 64.9 Å². The molecule has 0 spiro atoms. The van der Waals surface area contributed by atoms with Crippen molar-refractivity contribution in [3.05, 3.63) is 11.7 Å². The van der Waals surface area contributed by atoms with Gasteiger partial charge in [0, 0.05) is 12.8 Å². The van der Waals surface area contributed by atoms with Gasteiger partial charge in [0.05, 0.1) is 0 Å². The molecule has 1 fully saturated rings. The van der Waals surface area contributed by atoms with E-state index >= 15 is 0 Å². The SMILES string of the molecule is CCCc1noc(CC2(CN)CCC2)n1. The Balaban J connectivity index is 1.97. The zero-order valence-electron chi connectivity index (χ0n) is 9.33. The van der Waals surface area contributed by atoms with Gasteiger partial charge in [-0.05, 0) is 31.2 Å². The fraction of sp³-hybridized carbons (Fsp3) is 0.818. The van der Waals surface area contributed by atoms with Gasteiger partial charge in [-0.1, -0.05) is 18.5 Å². The summed E-state index contributed by atoms with van der Waals surface area (Å²) in [7, 11) is 0. The molecule has 1 aromatic rings. The molecule has 4 nitrogen and oxygen atoms in total. The first-order chi connectivity index (χ1) is 7.28. The summed E-state index contributed by atoms with van der Waals surface area (Å²) in [5.74, 6) is 1.60. The van der Waals surface area contributed by atoms with E-state index in [1.165, 1.54) is 19.3 Å². The van der Waals surface area contributed by atoms with Crippen LogP contribution in [-0.2, 0) is 12.8 Å². The molecular weight excluding hydrogens is 190 g/mol. The van der Waals surface area contributed by atoms with Gasteiger partial charge in [-0.3, -0.25) is 0 Å². The summed E-state index contributed by atoms with van der Waals surface area (Å²) >= 11 is 0. The minimum Gasteiger partial charge on any atom is -0.339 e. The van der Waals surface area contributed by atoms with E-state index in [2.05, 4.69) is 17.1 Å². The van der Waals surface area contributed by atoms with E-state index in [0.717, 1.165) is 37.5 Å². The van der Waals surface area contributed by atoms with Crippen molar-refractivity contribution in [2.75, 3.05) is 6.54 Å². The number of nitrogens with two attached hydrogens (primary N) is 1. The maximum absolute atomic E-state index is 5.79. The van der Waals surface area contributed by atoms with Crippen molar-refractivity contribution in [1.82, 2.24) is 10.1 Å². The second kappa shape index (κ2) is 4.31. The summed E-state index contributed by atoms with van der Waals surface area (Å²) in [5, 5.41) is 3.96. The highest BCUT2D eigenvalue weighted by molar-refractivity contribution is 4.97. The first kappa shape index (κ1) is 10.6. The molecule has 1 saturated carbocycles. The molecule has 0 aromatic carbocycles. The maximum atomic E-state index is 5.79. The predicted molar refractivity (Wildman–Crippen MR) is 57.3 cm³/mol. The van der Waals surface area contributed by atoms with Crippen LogP contribution in [0.3, 0.4) is 0 Å². The van der Waals surface area contributed by atoms with Gasteiger partial charge in [0.2, 0.25) is 5.89 Å². The maximum Gasteiger partial charge on any atom is 0.227 e. The highest BCUT2D eigenvalue weighted by Gasteiger charge is 2.37. The van der Waals surface area contributed by atoms with Crippen molar-refractivity contribution in [1.29, 1.82) is 0 Å². The highest BCUT2D eigenvalue weighted by Crippen LogP contribution is 2.42. The predicted octanol–water partition coefficient (Wildman–Crippen LogP) is 1.69. The van der Waals surface area contributed by atoms with Crippen LogP contribution in [0.1, 0.15) is 44.3 Å². The van der Waals surface area contributed by atoms with E-state index in [1.54, 1.807) is 0 Å². The molecule has 0 amide bonds. The van der Waals surface area contributed by atoms with E-state index in [-0.39, 0.29) is 5.41 Å². The molecule has 2 rings (SSSR count). The minimum absolute atomic E-state index is 0.260. The van der Waals surface area contributed by atoms with Crippen LogP contribution in [0.5, 0.6) is 0 Å². The largest absolute Gasteiger partial charge is 0.339 e. The van der Waals surface area contributed by atoms with Crippen molar-refractivity contribution >= 4 is 0 Å². The third kappa shape index (κ3) is 2.20. The number of hydrogen-bond acceptors (Lipinski definition) is 4. The third-order valence-electron chi connectivity index (χ3n) is 3.36. The average Bonchev–Trinajstić information content (AvgIpc) is 2.60. The summed E-state index contributed by atoms with van der Waals surface area (Å²) < 4.78 is 5.23. The number of aryl methyl sites for hydroxylation is 1. The van der Waals surface area contributed by atoms with Gasteiger partial charge < -0.3 is 10.3 Å². The van der Waals surface area contributed by atoms with Gasteiger partial charge in [0.15, 0.2) is 5.82 Å². The molecule has 0 radical (unpaired) electrons. The Morgan fingerprint density at radius 2 is 2.27 bits per heavy atom. The Morgan fingerprint density at radius 1 is 1.47 bits per heavy atom. The quantitative estimate of drug-likeness (QED) is 0.801. The Bertz CT molecular complexity index is 312. The Hall–Kier alpha value is -0.900. The summed E-state index contributed by atoms with van der Waals surface area (Å²) in [5.41, 5.74) is 6.05. The van der Waals surface area contributed by atoms with Crippen LogP contribution in [0.25, 0.3) is 0 Å². The molecule has 1 aromatic heterocycles. The lowest BCUT2D eigenvalue weighted by molar-refractivity contribution is 0.129. The number of rotatable bonds is 5. The third-order valence-corrected chi connectivity index (χ3v) is 3.36. The number of nitrogens with zero attached hydrogens (tertiary/aromatic N) is 2. The van der Waals surface area contributed by atoms with Gasteiger partial charge >= 0.3 is 0 Å². The van der Waals surface area contributed by atoms with E-state index in [4.69, 9.17) is 10.3 Å². The minimum atomic E-state index is 0.260. The molecule has 1 aliphatic rings. The molecule has 0 bridgehead atoms. The molecule has 0 saturated heterocycles. The van der Waals surface area contributed by atoms with Gasteiger partial charge in [-0.25, -0.2) is 0 Å². The second-order valence-corrected chi connectivity index (χ2v) is 4.59. The summed E-state index contributed by atoms with van der Waals surface area (Å²) in [6.07, 6.45) is 6.51. The fourth-order valence-electron chi connectivity index (χ4n) is 2.14. The molecule has 2 N–H and O–H groups in total. The first-order valence-corrected chi connectivity index (χ1v) is 5.79. The van der Waals surface area contributed by atoms with Crippen molar-refractivity contribution in [3.63, 3.8) is 0 Å². The number of aromatic nitrogens is 2. The standard InChI is InChI=1S/C11H19N3O/c1-2-4-9-13-10(15-14-9)7-11(8-12)5-3-6-11/h2-8,12H2,1H3. The fourth-order valence-corrected chi connectivity index (χ4v) is 2.14. The number of hydrogen-bond donors (Lipinski definition) is 1. The molecular formula is C11H19N3O. The molecule has 4 heteroatoms. The van der Waals surface area contributed by atoms with Gasteiger partial charge in [0.1, 0.15) is 0 Å². The van der Waals surface area contributed by atoms with Crippen LogP contribution in [-0.4, -0.2) is 16.7 Å². The van der Waals surface area contributed by atoms with Gasteiger partial charge in [0.25, 0.3) is 0 Å². The van der Waals surface area contributed by atoms with E-state index in [1.807, 2.05) is 0 Å². The van der Waals surface area contributed by atoms with Crippen LogP contribution in [0, 0.1) is 5.41 Å². The zero-order chi connectivity index (χ0) is 10.7. The molecule has 1 aliphatic carbocycles. The smallest absolute Gasteiger partial charge is 0.227 e. The lowest BCUT2D eigenvalue weighted by Crippen LogP contribution is -2.39. The Kier molecular flexibility index (Phi) is 3.05. The van der Waals surface area contributed by atoms with Crippen molar-refractivity contribution in [2.45, 2.75) is 45.4 Å². The molecule has 0 aliphatic heterocycles. The van der Waals surface area contributed by atoms with Crippen molar-refractivity contribution < 1.29 is 4.52 Å². The van der Waals surface area contributed by atoms with Gasteiger partial charge in [-0.2, -0.15) is 4.98 Å². The normalized spacial score (nSPS) is 18.8. The Labute approximate surface area is 90.2 Å². The Morgan fingerprint density at radius 3 is 2.80 bits per heavy atom. The lowest BCUT2D eigenvalue weighted by Gasteiger charge is -2.39. The van der Waals surface area contributed by atoms with Crippen LogP contribution >= 0.6 is 0 Å². The van der Waals surface area contributed by atoms with E-state index in [0.29, 0.717) is 0 Å². The molecule has 15 heavy (non-hydrogen) atoms.